The van der Waals surface area contributed by atoms with Crippen molar-refractivity contribution in [2.45, 2.75) is 13.0 Å². The number of rotatable bonds is 7. The van der Waals surface area contributed by atoms with Gasteiger partial charge in [0.1, 0.15) is 18.1 Å². The van der Waals surface area contributed by atoms with Crippen LogP contribution in [0.15, 0.2) is 47.1 Å². The quantitative estimate of drug-likeness (QED) is 0.793. The highest BCUT2D eigenvalue weighted by atomic mass is 16.5. The van der Waals surface area contributed by atoms with Crippen molar-refractivity contribution in [1.82, 2.24) is 4.90 Å². The Labute approximate surface area is 136 Å². The van der Waals surface area contributed by atoms with Gasteiger partial charge in [0.05, 0.1) is 24.6 Å². The van der Waals surface area contributed by atoms with Crippen LogP contribution in [0, 0.1) is 0 Å². The van der Waals surface area contributed by atoms with Crippen LogP contribution in [0.4, 0.5) is 10.5 Å². The summed E-state index contributed by atoms with van der Waals surface area (Å²) < 4.78 is 15.9. The zero-order valence-electron chi connectivity index (χ0n) is 13.6. The van der Waals surface area contributed by atoms with Gasteiger partial charge in [-0.1, -0.05) is 12.1 Å². The van der Waals surface area contributed by atoms with Crippen LogP contribution in [0.5, 0.6) is 5.75 Å². The molecule has 1 N–H and O–H groups in total. The van der Waals surface area contributed by atoms with E-state index in [0.717, 1.165) is 5.76 Å². The number of hydrogen-bond donors (Lipinski definition) is 1. The van der Waals surface area contributed by atoms with Gasteiger partial charge in [0, 0.05) is 14.2 Å². The molecule has 1 atom stereocenters. The van der Waals surface area contributed by atoms with Crippen LogP contribution in [0.1, 0.15) is 18.7 Å². The summed E-state index contributed by atoms with van der Waals surface area (Å²) >= 11 is 0. The molecule has 0 aliphatic carbocycles. The Morgan fingerprint density at radius 1 is 1.26 bits per heavy atom. The maximum absolute atomic E-state index is 12.4. The lowest BCUT2D eigenvalue weighted by molar-refractivity contribution is 0.146. The fraction of sp³-hybridized carbons (Fsp3) is 0.353. The monoisotopic (exact) mass is 318 g/mol. The van der Waals surface area contributed by atoms with E-state index < -0.39 is 0 Å². The number of para-hydroxylation sites is 2. The van der Waals surface area contributed by atoms with E-state index in [1.165, 1.54) is 0 Å². The Morgan fingerprint density at radius 2 is 2.04 bits per heavy atom. The molecule has 0 radical (unpaired) electrons. The molecule has 0 bridgehead atoms. The third-order valence-electron chi connectivity index (χ3n) is 3.53. The Bertz CT molecular complexity index is 613. The number of carbonyl (C=O) groups excluding carboxylic acids is 1. The zero-order valence-corrected chi connectivity index (χ0v) is 13.6. The first-order chi connectivity index (χ1) is 11.1. The van der Waals surface area contributed by atoms with Crippen molar-refractivity contribution in [3.8, 4) is 5.75 Å². The maximum atomic E-state index is 12.4. The van der Waals surface area contributed by atoms with Gasteiger partial charge in [0.2, 0.25) is 0 Å². The first-order valence-electron chi connectivity index (χ1n) is 7.41. The van der Waals surface area contributed by atoms with Gasteiger partial charge in [-0.15, -0.1) is 0 Å². The molecule has 6 nitrogen and oxygen atoms in total. The average Bonchev–Trinajstić information content (AvgIpc) is 3.09. The van der Waals surface area contributed by atoms with E-state index in [1.54, 1.807) is 43.5 Å². The van der Waals surface area contributed by atoms with Gasteiger partial charge in [-0.25, -0.2) is 4.79 Å². The summed E-state index contributed by atoms with van der Waals surface area (Å²) in [5, 5.41) is 2.86. The highest BCUT2D eigenvalue weighted by Crippen LogP contribution is 2.25. The topological polar surface area (TPSA) is 63.9 Å². The number of carbonyl (C=O) groups is 1. The lowest BCUT2D eigenvalue weighted by Crippen LogP contribution is -2.33. The van der Waals surface area contributed by atoms with E-state index in [2.05, 4.69) is 5.32 Å². The van der Waals surface area contributed by atoms with Gasteiger partial charge >= 0.3 is 6.03 Å². The molecule has 2 aromatic rings. The van der Waals surface area contributed by atoms with Crippen molar-refractivity contribution in [2.24, 2.45) is 0 Å². The number of methoxy groups -OCH3 is 1. The molecule has 2 rings (SSSR count). The first-order valence-corrected chi connectivity index (χ1v) is 7.41. The summed E-state index contributed by atoms with van der Waals surface area (Å²) in [7, 11) is 3.33. The van der Waals surface area contributed by atoms with Gasteiger partial charge in [0.25, 0.3) is 0 Å². The fourth-order valence-electron chi connectivity index (χ4n) is 2.03. The number of amides is 2. The third kappa shape index (κ3) is 4.50. The summed E-state index contributed by atoms with van der Waals surface area (Å²) in [5.41, 5.74) is 0.618. The number of nitrogens with zero attached hydrogens (tertiary/aromatic N) is 1. The van der Waals surface area contributed by atoms with Crippen LogP contribution in [0.3, 0.4) is 0 Å². The van der Waals surface area contributed by atoms with Crippen LogP contribution in [0.25, 0.3) is 0 Å². The summed E-state index contributed by atoms with van der Waals surface area (Å²) in [6, 6.07) is 10.5. The minimum Gasteiger partial charge on any atom is -0.489 e. The van der Waals surface area contributed by atoms with Crippen LogP contribution in [0.2, 0.25) is 0 Å². The van der Waals surface area contributed by atoms with Crippen molar-refractivity contribution in [1.29, 1.82) is 0 Å². The Hall–Kier alpha value is -2.47. The summed E-state index contributed by atoms with van der Waals surface area (Å²) in [5.74, 6) is 1.34. The standard InChI is InChI=1S/C17H22N2O4/c1-13(15-9-6-10-22-15)19(2)17(20)18-14-7-4-5-8-16(14)23-12-11-21-3/h4-10,13H,11-12H2,1-3H3,(H,18,20). The van der Waals surface area contributed by atoms with E-state index in [-0.39, 0.29) is 12.1 Å². The number of hydrogen-bond acceptors (Lipinski definition) is 4. The lowest BCUT2D eigenvalue weighted by Gasteiger charge is -2.24. The van der Waals surface area contributed by atoms with Gasteiger partial charge in [-0.05, 0) is 31.2 Å². The molecule has 1 unspecified atom stereocenters. The number of benzene rings is 1. The Balaban J connectivity index is 2.02. The molecule has 1 aromatic carbocycles. The molecular weight excluding hydrogens is 296 g/mol. The zero-order chi connectivity index (χ0) is 16.7. The van der Waals surface area contributed by atoms with Gasteiger partial charge < -0.3 is 24.1 Å². The average molecular weight is 318 g/mol. The second kappa shape index (κ2) is 8.24. The molecular formula is C17H22N2O4. The number of urea groups is 1. The molecule has 6 heteroatoms. The highest BCUT2D eigenvalue weighted by Gasteiger charge is 2.20. The van der Waals surface area contributed by atoms with Crippen LogP contribution in [-0.2, 0) is 4.74 Å². The predicted octanol–water partition coefficient (Wildman–Crippen LogP) is 3.53. The number of ether oxygens (including phenoxy) is 2. The molecule has 0 aliphatic rings. The van der Waals surface area contributed by atoms with Gasteiger partial charge in [0.15, 0.2) is 0 Å². The maximum Gasteiger partial charge on any atom is 0.322 e. The second-order valence-corrected chi connectivity index (χ2v) is 5.07. The fourth-order valence-corrected chi connectivity index (χ4v) is 2.03. The normalized spacial score (nSPS) is 11.8. The van der Waals surface area contributed by atoms with Gasteiger partial charge in [-0.3, -0.25) is 0 Å². The van der Waals surface area contributed by atoms with Crippen LogP contribution in [-0.4, -0.2) is 38.3 Å². The minimum absolute atomic E-state index is 0.174. The molecule has 0 saturated carbocycles. The highest BCUT2D eigenvalue weighted by molar-refractivity contribution is 5.91. The van der Waals surface area contributed by atoms with Crippen molar-refractivity contribution < 1.29 is 18.7 Å². The summed E-state index contributed by atoms with van der Waals surface area (Å²) in [6.45, 7) is 2.80. The largest absolute Gasteiger partial charge is 0.489 e. The number of anilines is 1. The molecule has 1 heterocycles. The second-order valence-electron chi connectivity index (χ2n) is 5.07. The van der Waals surface area contributed by atoms with Crippen molar-refractivity contribution in [3.05, 3.63) is 48.4 Å². The van der Waals surface area contributed by atoms with E-state index >= 15 is 0 Å². The van der Waals surface area contributed by atoms with Gasteiger partial charge in [-0.2, -0.15) is 0 Å². The molecule has 0 fully saturated rings. The first kappa shape index (κ1) is 16.9. The van der Waals surface area contributed by atoms with Crippen LogP contribution < -0.4 is 10.1 Å². The lowest BCUT2D eigenvalue weighted by atomic mass is 10.2. The number of furan rings is 1. The molecule has 0 aliphatic heterocycles. The van der Waals surface area contributed by atoms with Crippen molar-refractivity contribution >= 4 is 11.7 Å². The van der Waals surface area contributed by atoms with E-state index in [0.29, 0.717) is 24.7 Å². The summed E-state index contributed by atoms with van der Waals surface area (Å²) in [4.78, 5) is 14.0. The molecule has 0 saturated heterocycles. The van der Waals surface area contributed by atoms with Crippen molar-refractivity contribution in [2.75, 3.05) is 32.7 Å². The van der Waals surface area contributed by atoms with Crippen molar-refractivity contribution in [3.63, 3.8) is 0 Å². The number of nitrogens with one attached hydrogen (secondary N) is 1. The third-order valence-corrected chi connectivity index (χ3v) is 3.53. The Morgan fingerprint density at radius 3 is 2.74 bits per heavy atom. The molecule has 0 spiro atoms. The SMILES string of the molecule is COCCOc1ccccc1NC(=O)N(C)C(C)c1ccco1. The molecule has 124 valence electrons. The van der Waals surface area contributed by atoms with E-state index in [9.17, 15) is 4.79 Å². The summed E-state index contributed by atoms with van der Waals surface area (Å²) in [6.07, 6.45) is 1.59. The Kier molecular flexibility index (Phi) is 6.05. The smallest absolute Gasteiger partial charge is 0.322 e. The predicted molar refractivity (Wildman–Crippen MR) is 87.7 cm³/mol. The van der Waals surface area contributed by atoms with E-state index in [4.69, 9.17) is 13.9 Å². The van der Waals surface area contributed by atoms with Crippen LogP contribution >= 0.6 is 0 Å². The minimum atomic E-state index is -0.239. The molecule has 23 heavy (non-hydrogen) atoms. The molecule has 2 amide bonds. The van der Waals surface area contributed by atoms with E-state index in [1.807, 2.05) is 25.1 Å². The molecule has 1 aromatic heterocycles.